The van der Waals surface area contributed by atoms with Crippen LogP contribution in [0.15, 0.2) is 23.1 Å². The first-order valence-corrected chi connectivity index (χ1v) is 11.7. The van der Waals surface area contributed by atoms with E-state index in [0.717, 1.165) is 9.87 Å². The minimum Gasteiger partial charge on any atom is -0.340 e. The zero-order chi connectivity index (χ0) is 22.6. The van der Waals surface area contributed by atoms with E-state index in [9.17, 15) is 18.0 Å². The number of sulfonamides is 1. The average molecular weight is 439 g/mol. The van der Waals surface area contributed by atoms with Gasteiger partial charge in [-0.2, -0.15) is 0 Å². The van der Waals surface area contributed by atoms with E-state index in [0.29, 0.717) is 44.2 Å². The highest BCUT2D eigenvalue weighted by molar-refractivity contribution is 7.89. The largest absolute Gasteiger partial charge is 0.340 e. The van der Waals surface area contributed by atoms with E-state index >= 15 is 0 Å². The third-order valence-corrected chi connectivity index (χ3v) is 7.23. The fourth-order valence-electron chi connectivity index (χ4n) is 3.35. The Labute approximate surface area is 180 Å². The molecule has 1 aromatic rings. The summed E-state index contributed by atoms with van der Waals surface area (Å²) in [7, 11) is -0.635. The molecule has 0 bridgehead atoms. The fraction of sp³-hybridized carbons (Fsp3) is 0.619. The minimum absolute atomic E-state index is 0.137. The summed E-state index contributed by atoms with van der Waals surface area (Å²) in [6, 6.07) is 4.34. The van der Waals surface area contributed by atoms with E-state index in [-0.39, 0.29) is 22.8 Å². The van der Waals surface area contributed by atoms with Crippen LogP contribution >= 0.6 is 0 Å². The Morgan fingerprint density at radius 2 is 1.70 bits per heavy atom. The third kappa shape index (κ3) is 5.80. The molecule has 1 aliphatic rings. The summed E-state index contributed by atoms with van der Waals surface area (Å²) in [6.07, 6.45) is 0.543. The zero-order valence-corrected chi connectivity index (χ0v) is 19.6. The second-order valence-electron chi connectivity index (χ2n) is 8.44. The molecular weight excluding hydrogens is 404 g/mol. The topological polar surface area (TPSA) is 90.0 Å². The van der Waals surface area contributed by atoms with Gasteiger partial charge in [0.1, 0.15) is 0 Å². The van der Waals surface area contributed by atoms with Crippen molar-refractivity contribution in [2.75, 3.05) is 45.6 Å². The predicted molar refractivity (Wildman–Crippen MR) is 118 cm³/mol. The SMILES string of the molecule is Cc1ccc(S(=O)(=O)N(C)C)cc1NC(=O)[C@@H](C)N1CCN(C(=O)CC(C)C)CC1. The Morgan fingerprint density at radius 1 is 1.10 bits per heavy atom. The molecule has 2 amide bonds. The van der Waals surface area contributed by atoms with Crippen LogP contribution in [0.2, 0.25) is 0 Å². The van der Waals surface area contributed by atoms with Crippen molar-refractivity contribution in [2.24, 2.45) is 5.92 Å². The van der Waals surface area contributed by atoms with Gasteiger partial charge in [-0.3, -0.25) is 14.5 Å². The van der Waals surface area contributed by atoms with Crippen molar-refractivity contribution in [3.63, 3.8) is 0 Å². The molecular formula is C21H34N4O4S. The highest BCUT2D eigenvalue weighted by Crippen LogP contribution is 2.22. The molecule has 0 saturated carbocycles. The van der Waals surface area contributed by atoms with E-state index < -0.39 is 10.0 Å². The smallest absolute Gasteiger partial charge is 0.242 e. The number of carbonyl (C=O) groups excluding carboxylic acids is 2. The van der Waals surface area contributed by atoms with Gasteiger partial charge >= 0.3 is 0 Å². The second-order valence-corrected chi connectivity index (χ2v) is 10.6. The molecule has 0 spiro atoms. The van der Waals surface area contributed by atoms with Crippen LogP contribution in [-0.2, 0) is 19.6 Å². The van der Waals surface area contributed by atoms with Crippen LogP contribution in [-0.4, -0.2) is 80.7 Å². The predicted octanol–water partition coefficient (Wildman–Crippen LogP) is 1.76. The summed E-state index contributed by atoms with van der Waals surface area (Å²) in [4.78, 5) is 29.1. The van der Waals surface area contributed by atoms with E-state index in [1.165, 1.54) is 26.2 Å². The molecule has 0 aromatic heterocycles. The van der Waals surface area contributed by atoms with Crippen molar-refractivity contribution < 1.29 is 18.0 Å². The summed E-state index contributed by atoms with van der Waals surface area (Å²) < 4.78 is 25.9. The number of benzene rings is 1. The zero-order valence-electron chi connectivity index (χ0n) is 18.8. The molecule has 1 atom stereocenters. The van der Waals surface area contributed by atoms with Crippen molar-refractivity contribution in [2.45, 2.75) is 45.1 Å². The van der Waals surface area contributed by atoms with Crippen molar-refractivity contribution in [1.29, 1.82) is 0 Å². The number of hydrogen-bond donors (Lipinski definition) is 1. The molecule has 168 valence electrons. The summed E-state index contributed by atoms with van der Waals surface area (Å²) in [5.41, 5.74) is 1.28. The van der Waals surface area contributed by atoms with Crippen molar-refractivity contribution in [3.05, 3.63) is 23.8 Å². The van der Waals surface area contributed by atoms with E-state index in [2.05, 4.69) is 5.32 Å². The minimum atomic E-state index is -3.58. The van der Waals surface area contributed by atoms with E-state index in [1.54, 1.807) is 6.07 Å². The van der Waals surface area contributed by atoms with Crippen molar-refractivity contribution >= 4 is 27.5 Å². The van der Waals surface area contributed by atoms with Crippen LogP contribution in [0.1, 0.15) is 32.8 Å². The molecule has 0 radical (unpaired) electrons. The van der Waals surface area contributed by atoms with Gasteiger partial charge in [-0.05, 0) is 37.5 Å². The van der Waals surface area contributed by atoms with E-state index in [1.807, 2.05) is 37.5 Å². The lowest BCUT2D eigenvalue weighted by Gasteiger charge is -2.37. The van der Waals surface area contributed by atoms with E-state index in [4.69, 9.17) is 0 Å². The molecule has 1 aromatic carbocycles. The monoisotopic (exact) mass is 438 g/mol. The van der Waals surface area contributed by atoms with Gasteiger partial charge in [0.05, 0.1) is 10.9 Å². The number of amides is 2. The normalized spacial score (nSPS) is 16.7. The Hall–Kier alpha value is -1.97. The molecule has 9 heteroatoms. The van der Waals surface area contributed by atoms with Gasteiger partial charge in [-0.1, -0.05) is 19.9 Å². The molecule has 1 fully saturated rings. The molecule has 1 aliphatic heterocycles. The number of piperazine rings is 1. The Morgan fingerprint density at radius 3 is 2.23 bits per heavy atom. The number of hydrogen-bond acceptors (Lipinski definition) is 5. The van der Waals surface area contributed by atoms with Gasteiger partial charge in [-0.15, -0.1) is 0 Å². The molecule has 1 N–H and O–H groups in total. The van der Waals surface area contributed by atoms with Gasteiger partial charge in [-0.25, -0.2) is 12.7 Å². The number of aryl methyl sites for hydroxylation is 1. The highest BCUT2D eigenvalue weighted by atomic mass is 32.2. The number of rotatable bonds is 7. The summed E-state index contributed by atoms with van der Waals surface area (Å²) in [5.74, 6) is 0.297. The Kier molecular flexibility index (Phi) is 8.01. The van der Waals surface area contributed by atoms with Gasteiger partial charge in [0, 0.05) is 52.4 Å². The maximum atomic E-state index is 12.8. The Balaban J connectivity index is 2.02. The van der Waals surface area contributed by atoms with Crippen LogP contribution in [0.3, 0.4) is 0 Å². The number of nitrogens with zero attached hydrogens (tertiary/aromatic N) is 3. The van der Waals surface area contributed by atoms with Gasteiger partial charge < -0.3 is 10.2 Å². The summed E-state index contributed by atoms with van der Waals surface area (Å²) >= 11 is 0. The van der Waals surface area contributed by atoms with Gasteiger partial charge in [0.25, 0.3) is 0 Å². The molecule has 0 unspecified atom stereocenters. The van der Waals surface area contributed by atoms with Crippen LogP contribution in [0.5, 0.6) is 0 Å². The van der Waals surface area contributed by atoms with Crippen LogP contribution < -0.4 is 5.32 Å². The van der Waals surface area contributed by atoms with Crippen LogP contribution in [0.25, 0.3) is 0 Å². The molecule has 1 heterocycles. The van der Waals surface area contributed by atoms with Gasteiger partial charge in [0.15, 0.2) is 0 Å². The first-order chi connectivity index (χ1) is 13.9. The lowest BCUT2D eigenvalue weighted by atomic mass is 10.1. The highest BCUT2D eigenvalue weighted by Gasteiger charge is 2.28. The maximum absolute atomic E-state index is 12.8. The molecule has 30 heavy (non-hydrogen) atoms. The molecule has 1 saturated heterocycles. The first-order valence-electron chi connectivity index (χ1n) is 10.3. The number of nitrogens with one attached hydrogen (secondary N) is 1. The van der Waals surface area contributed by atoms with Crippen molar-refractivity contribution in [1.82, 2.24) is 14.1 Å². The molecule has 8 nitrogen and oxygen atoms in total. The van der Waals surface area contributed by atoms with Gasteiger partial charge in [0.2, 0.25) is 21.8 Å². The summed E-state index contributed by atoms with van der Waals surface area (Å²) in [6.45, 7) is 10.2. The Bertz CT molecular complexity index is 875. The third-order valence-electron chi connectivity index (χ3n) is 5.42. The number of carbonyl (C=O) groups is 2. The molecule has 0 aliphatic carbocycles. The fourth-order valence-corrected chi connectivity index (χ4v) is 4.28. The van der Waals surface area contributed by atoms with Crippen LogP contribution in [0, 0.1) is 12.8 Å². The quantitative estimate of drug-likeness (QED) is 0.701. The molecule has 2 rings (SSSR count). The van der Waals surface area contributed by atoms with Crippen LogP contribution in [0.4, 0.5) is 5.69 Å². The lowest BCUT2D eigenvalue weighted by molar-refractivity contribution is -0.134. The van der Waals surface area contributed by atoms with Crippen molar-refractivity contribution in [3.8, 4) is 0 Å². The first kappa shape index (κ1) is 24.3. The standard InChI is InChI=1S/C21H34N4O4S/c1-15(2)13-20(26)25-11-9-24(10-12-25)17(4)21(27)22-19-14-18(8-7-16(19)3)30(28,29)23(5)6/h7-8,14-15,17H,9-13H2,1-6H3,(H,22,27)/t17-/m1/s1. The lowest BCUT2D eigenvalue weighted by Crippen LogP contribution is -2.54. The second kappa shape index (κ2) is 9.89. The average Bonchev–Trinajstić information content (AvgIpc) is 2.68. The maximum Gasteiger partial charge on any atom is 0.242 e. The number of anilines is 1. The summed E-state index contributed by atoms with van der Waals surface area (Å²) in [5, 5.41) is 2.87.